The molecular formula is C36H36CrN10O8S. The molecule has 0 saturated carbocycles. The average Bonchev–Trinajstić information content (AvgIpc) is 3.63. The van der Waals surface area contributed by atoms with E-state index in [0.29, 0.717) is 35.9 Å². The third kappa shape index (κ3) is 9.25. The van der Waals surface area contributed by atoms with Crippen molar-refractivity contribution in [1.29, 1.82) is 0 Å². The summed E-state index contributed by atoms with van der Waals surface area (Å²) in [5.41, 5.74) is 2.34. The molecule has 20 heteroatoms. The van der Waals surface area contributed by atoms with Crippen LogP contribution in [0.5, 0.6) is 23.3 Å². The van der Waals surface area contributed by atoms with E-state index in [1.165, 1.54) is 37.9 Å². The Morgan fingerprint density at radius 1 is 0.679 bits per heavy atom. The van der Waals surface area contributed by atoms with Crippen molar-refractivity contribution in [3.63, 3.8) is 0 Å². The summed E-state index contributed by atoms with van der Waals surface area (Å²) in [5.74, 6) is -1.11. The van der Waals surface area contributed by atoms with Crippen LogP contribution in [0.3, 0.4) is 0 Å². The first kappa shape index (κ1) is 42.3. The van der Waals surface area contributed by atoms with Crippen molar-refractivity contribution in [2.24, 2.45) is 20.5 Å². The number of benzene rings is 4. The molecule has 0 radical (unpaired) electrons. The first-order chi connectivity index (χ1) is 26.3. The summed E-state index contributed by atoms with van der Waals surface area (Å²) in [6.07, 6.45) is 0. The Kier molecular flexibility index (Phi) is 13.8. The van der Waals surface area contributed by atoms with Crippen molar-refractivity contribution in [3.8, 4) is 34.6 Å². The number of hydrogen-bond donors (Lipinski definition) is 4. The molecule has 0 saturated heterocycles. The van der Waals surface area contributed by atoms with Crippen LogP contribution in [0.25, 0.3) is 11.4 Å². The van der Waals surface area contributed by atoms with Crippen LogP contribution in [0.1, 0.15) is 25.2 Å². The van der Waals surface area contributed by atoms with Gasteiger partial charge in [0.1, 0.15) is 22.9 Å². The molecule has 0 aliphatic carbocycles. The molecule has 0 aliphatic heterocycles. The van der Waals surface area contributed by atoms with Crippen LogP contribution in [0, 0.1) is 24.0 Å². The number of nitro groups is 1. The summed E-state index contributed by atoms with van der Waals surface area (Å²) in [4.78, 5) is 10.0. The topological polar surface area (TPSA) is 247 Å². The number of non-ortho nitro benzene ring substituents is 1. The molecule has 56 heavy (non-hydrogen) atoms. The van der Waals surface area contributed by atoms with Gasteiger partial charge in [-0.15, -0.1) is 20.5 Å². The minimum Gasteiger partial charge on any atom is -0.506 e. The van der Waals surface area contributed by atoms with Gasteiger partial charge in [0.05, 0.1) is 38.6 Å². The third-order valence-corrected chi connectivity index (χ3v) is 10.0. The average molecular weight is 821 g/mol. The monoisotopic (exact) mass is 820 g/mol. The summed E-state index contributed by atoms with van der Waals surface area (Å²) < 4.78 is 29.1. The number of rotatable bonds is 11. The summed E-state index contributed by atoms with van der Waals surface area (Å²) in [7, 11) is -3.70. The third-order valence-electron chi connectivity index (χ3n) is 7.99. The second kappa shape index (κ2) is 18.2. The quantitative estimate of drug-likeness (QED) is 0.0558. The fourth-order valence-electron chi connectivity index (χ4n) is 5.12. The van der Waals surface area contributed by atoms with Crippen LogP contribution < -0.4 is 0 Å². The van der Waals surface area contributed by atoms with Crippen molar-refractivity contribution in [2.45, 2.75) is 32.6 Å². The molecule has 2 aromatic heterocycles. The van der Waals surface area contributed by atoms with Crippen LogP contribution in [0.2, 0.25) is 0 Å². The SMILES string of the molecule is CCN(CC)S(=O)(=O)c1ccc(N=Nc2c(C)nn(-c3ccccc3)c2O)c(O)c1.Cc1nn(-c2ccccc2)c(O)c1N=Nc1ccc([N+](=O)[O-])cc1O.[Cr]. The van der Waals surface area contributed by atoms with Crippen molar-refractivity contribution in [2.75, 3.05) is 13.1 Å². The number of phenolic OH excluding ortho intramolecular Hbond substituents is 2. The number of phenols is 2. The number of aryl methyl sites for hydroxylation is 2. The van der Waals surface area contributed by atoms with Gasteiger partial charge in [0.2, 0.25) is 21.8 Å². The van der Waals surface area contributed by atoms with Crippen molar-refractivity contribution in [3.05, 3.63) is 119 Å². The Balaban J connectivity index is 0.000000248. The van der Waals surface area contributed by atoms with Gasteiger partial charge < -0.3 is 20.4 Å². The minimum atomic E-state index is -3.70. The zero-order chi connectivity index (χ0) is 39.9. The number of aromatic hydroxyl groups is 4. The standard InChI is InChI=1S/C20H23N5O4S.C16H13N5O4.Cr/c1-4-24(5-2)30(28,29)16-11-12-17(18(26)13-16)21-22-19-14(3)23-25(20(19)27)15-9-7-6-8-10-15;1-10-15(16(23)20(19-10)11-5-3-2-4-6-11)18-17-13-8-7-12(21(24)25)9-14(13)22;/h6-13,26-27H,4-5H2,1-3H3;2-9,22-23H,1H3;. The summed E-state index contributed by atoms with van der Waals surface area (Å²) >= 11 is 0. The van der Waals surface area contributed by atoms with Gasteiger partial charge in [0.15, 0.2) is 11.4 Å². The smallest absolute Gasteiger partial charge is 0.273 e. The van der Waals surface area contributed by atoms with E-state index in [4.69, 9.17) is 0 Å². The molecule has 0 aliphatic rings. The fraction of sp³-hybridized carbons (Fsp3) is 0.167. The van der Waals surface area contributed by atoms with E-state index < -0.39 is 14.9 Å². The maximum Gasteiger partial charge on any atom is 0.273 e. The second-order valence-electron chi connectivity index (χ2n) is 11.6. The van der Waals surface area contributed by atoms with E-state index in [0.717, 1.165) is 12.1 Å². The van der Waals surface area contributed by atoms with Gasteiger partial charge in [-0.05, 0) is 56.3 Å². The Morgan fingerprint density at radius 3 is 1.50 bits per heavy atom. The molecule has 2 heterocycles. The number of aromatic nitrogens is 4. The molecule has 290 valence electrons. The van der Waals surface area contributed by atoms with Crippen molar-refractivity contribution < 1.29 is 51.1 Å². The van der Waals surface area contributed by atoms with Gasteiger partial charge in [0, 0.05) is 42.6 Å². The predicted molar refractivity (Wildman–Crippen MR) is 201 cm³/mol. The predicted octanol–water partition coefficient (Wildman–Crippen LogP) is 7.95. The van der Waals surface area contributed by atoms with E-state index >= 15 is 0 Å². The molecule has 4 aromatic carbocycles. The normalized spacial score (nSPS) is 11.4. The Hall–Kier alpha value is -6.46. The Bertz CT molecular complexity index is 2490. The number of azo groups is 2. The molecule has 0 amide bonds. The van der Waals surface area contributed by atoms with Crippen molar-refractivity contribution >= 4 is 38.5 Å². The molecule has 0 atom stereocenters. The molecule has 18 nitrogen and oxygen atoms in total. The summed E-state index contributed by atoms with van der Waals surface area (Å²) in [6, 6.07) is 25.4. The van der Waals surface area contributed by atoms with Gasteiger partial charge in [-0.1, -0.05) is 50.2 Å². The molecule has 6 rings (SSSR count). The van der Waals surface area contributed by atoms with E-state index in [1.807, 2.05) is 36.4 Å². The summed E-state index contributed by atoms with van der Waals surface area (Å²) in [5, 5.41) is 75.7. The molecule has 0 spiro atoms. The van der Waals surface area contributed by atoms with E-state index in [1.54, 1.807) is 52.0 Å². The molecule has 4 N–H and O–H groups in total. The number of sulfonamides is 1. The van der Waals surface area contributed by atoms with E-state index in [2.05, 4.69) is 30.7 Å². The van der Waals surface area contributed by atoms with E-state index in [9.17, 15) is 39.0 Å². The van der Waals surface area contributed by atoms with Gasteiger partial charge in [0.25, 0.3) is 5.69 Å². The molecule has 0 unspecified atom stereocenters. The van der Waals surface area contributed by atoms with Crippen LogP contribution in [0.15, 0.2) is 122 Å². The van der Waals surface area contributed by atoms with Gasteiger partial charge >= 0.3 is 0 Å². The van der Waals surface area contributed by atoms with Crippen LogP contribution >= 0.6 is 0 Å². The van der Waals surface area contributed by atoms with Gasteiger partial charge in [-0.3, -0.25) is 10.1 Å². The van der Waals surface area contributed by atoms with Crippen LogP contribution in [0.4, 0.5) is 28.4 Å². The maximum absolute atomic E-state index is 12.6. The van der Waals surface area contributed by atoms with Gasteiger partial charge in [-0.2, -0.15) is 23.9 Å². The second-order valence-corrected chi connectivity index (χ2v) is 13.5. The maximum atomic E-state index is 12.6. The minimum absolute atomic E-state index is 0. The largest absolute Gasteiger partial charge is 0.506 e. The Morgan fingerprint density at radius 2 is 1.11 bits per heavy atom. The van der Waals surface area contributed by atoms with Gasteiger partial charge in [-0.25, -0.2) is 8.42 Å². The molecule has 0 fully saturated rings. The fourth-order valence-corrected chi connectivity index (χ4v) is 6.60. The zero-order valence-electron chi connectivity index (χ0n) is 30.4. The number of para-hydroxylation sites is 2. The van der Waals surface area contributed by atoms with Crippen LogP contribution in [-0.2, 0) is 27.4 Å². The summed E-state index contributed by atoms with van der Waals surface area (Å²) in [6.45, 7) is 7.47. The first-order valence-electron chi connectivity index (χ1n) is 16.6. The zero-order valence-corrected chi connectivity index (χ0v) is 32.5. The first-order valence-corrected chi connectivity index (χ1v) is 18.0. The molecular weight excluding hydrogens is 785 g/mol. The number of nitrogens with zero attached hydrogens (tertiary/aromatic N) is 10. The van der Waals surface area contributed by atoms with Crippen molar-refractivity contribution in [1.82, 2.24) is 23.9 Å². The number of hydrogen-bond acceptors (Lipinski definition) is 14. The number of nitro benzene ring substituents is 1. The Labute approximate surface area is 331 Å². The van der Waals surface area contributed by atoms with Crippen LogP contribution in [-0.4, -0.2) is 70.7 Å². The molecule has 0 bridgehead atoms. The van der Waals surface area contributed by atoms with E-state index in [-0.39, 0.29) is 74.0 Å². The molecule has 6 aromatic rings.